The van der Waals surface area contributed by atoms with Crippen molar-refractivity contribution in [2.24, 2.45) is 5.73 Å². The number of benzene rings is 1. The Bertz CT molecular complexity index is 332. The second-order valence-electron chi connectivity index (χ2n) is 3.80. The molecule has 3 heteroatoms. The number of likely N-dealkylation sites (N-methyl/N-ethyl adjacent to an activating group) is 1. The van der Waals surface area contributed by atoms with E-state index in [1.165, 1.54) is 5.56 Å². The lowest BCUT2D eigenvalue weighted by atomic mass is 10.1. The summed E-state index contributed by atoms with van der Waals surface area (Å²) in [6, 6.07) is 8.25. The molecule has 0 aliphatic rings. The Morgan fingerprint density at radius 1 is 1.40 bits per heavy atom. The summed E-state index contributed by atoms with van der Waals surface area (Å²) in [4.78, 5) is 13.1. The summed E-state index contributed by atoms with van der Waals surface area (Å²) in [6.45, 7) is 4.11. The molecule has 0 aliphatic carbocycles. The molecule has 1 amide bonds. The standard InChI is InChI=1S/C12H18N2O/c1-9-4-6-11(7-5-9)10(2)14(3)12(15)8-13/h4-7,10H,8,13H2,1-3H3. The molecule has 15 heavy (non-hydrogen) atoms. The maximum Gasteiger partial charge on any atom is 0.236 e. The van der Waals surface area contributed by atoms with Crippen LogP contribution in [0, 0.1) is 6.92 Å². The number of nitrogens with zero attached hydrogens (tertiary/aromatic N) is 1. The van der Waals surface area contributed by atoms with Crippen LogP contribution in [0.3, 0.4) is 0 Å². The first-order valence-corrected chi connectivity index (χ1v) is 5.08. The lowest BCUT2D eigenvalue weighted by Gasteiger charge is -2.24. The molecule has 0 spiro atoms. The summed E-state index contributed by atoms with van der Waals surface area (Å²) in [6.07, 6.45) is 0. The number of hydrogen-bond acceptors (Lipinski definition) is 2. The van der Waals surface area contributed by atoms with Gasteiger partial charge in [0.15, 0.2) is 0 Å². The van der Waals surface area contributed by atoms with Crippen molar-refractivity contribution in [3.05, 3.63) is 35.4 Å². The summed E-state index contributed by atoms with van der Waals surface area (Å²) in [5, 5.41) is 0. The molecule has 82 valence electrons. The summed E-state index contributed by atoms with van der Waals surface area (Å²) < 4.78 is 0. The van der Waals surface area contributed by atoms with E-state index in [2.05, 4.69) is 0 Å². The molecule has 1 aromatic rings. The summed E-state index contributed by atoms with van der Waals surface area (Å²) in [7, 11) is 1.78. The van der Waals surface area contributed by atoms with Gasteiger partial charge in [-0.15, -0.1) is 0 Å². The van der Waals surface area contributed by atoms with Gasteiger partial charge in [-0.25, -0.2) is 0 Å². The van der Waals surface area contributed by atoms with Gasteiger partial charge < -0.3 is 10.6 Å². The van der Waals surface area contributed by atoms with Crippen molar-refractivity contribution in [1.29, 1.82) is 0 Å². The van der Waals surface area contributed by atoms with Gasteiger partial charge in [-0.3, -0.25) is 4.79 Å². The molecule has 0 heterocycles. The highest BCUT2D eigenvalue weighted by Crippen LogP contribution is 2.18. The SMILES string of the molecule is Cc1ccc(C(C)N(C)C(=O)CN)cc1. The smallest absolute Gasteiger partial charge is 0.236 e. The molecular formula is C12H18N2O. The van der Waals surface area contributed by atoms with Crippen LogP contribution in [0.2, 0.25) is 0 Å². The van der Waals surface area contributed by atoms with E-state index in [1.54, 1.807) is 11.9 Å². The molecule has 1 atom stereocenters. The molecule has 1 rings (SSSR count). The number of aryl methyl sites for hydroxylation is 1. The highest BCUT2D eigenvalue weighted by Gasteiger charge is 2.15. The minimum absolute atomic E-state index is 0.0388. The first-order chi connectivity index (χ1) is 7.06. The van der Waals surface area contributed by atoms with Crippen LogP contribution < -0.4 is 5.73 Å². The lowest BCUT2D eigenvalue weighted by Crippen LogP contribution is -2.34. The van der Waals surface area contributed by atoms with Crippen molar-refractivity contribution < 1.29 is 4.79 Å². The Kier molecular flexibility index (Phi) is 3.86. The van der Waals surface area contributed by atoms with Gasteiger partial charge >= 0.3 is 0 Å². The Morgan fingerprint density at radius 3 is 2.40 bits per heavy atom. The van der Waals surface area contributed by atoms with E-state index >= 15 is 0 Å². The average Bonchev–Trinajstić information content (AvgIpc) is 2.27. The predicted molar refractivity (Wildman–Crippen MR) is 61.4 cm³/mol. The highest BCUT2D eigenvalue weighted by atomic mass is 16.2. The second kappa shape index (κ2) is 4.94. The number of hydrogen-bond donors (Lipinski definition) is 1. The van der Waals surface area contributed by atoms with Crippen LogP contribution in [0.1, 0.15) is 24.1 Å². The lowest BCUT2D eigenvalue weighted by molar-refractivity contribution is -0.130. The maximum absolute atomic E-state index is 11.4. The molecule has 0 fully saturated rings. The Labute approximate surface area is 90.9 Å². The topological polar surface area (TPSA) is 46.3 Å². The first-order valence-electron chi connectivity index (χ1n) is 5.08. The van der Waals surface area contributed by atoms with Gasteiger partial charge in [0.2, 0.25) is 5.91 Å². The van der Waals surface area contributed by atoms with Gasteiger partial charge in [0, 0.05) is 7.05 Å². The fourth-order valence-corrected chi connectivity index (χ4v) is 1.43. The molecule has 0 aliphatic heterocycles. The zero-order valence-corrected chi connectivity index (χ0v) is 9.53. The van der Waals surface area contributed by atoms with Crippen molar-refractivity contribution in [3.8, 4) is 0 Å². The van der Waals surface area contributed by atoms with Crippen molar-refractivity contribution in [1.82, 2.24) is 4.90 Å². The highest BCUT2D eigenvalue weighted by molar-refractivity contribution is 5.78. The third-order valence-electron chi connectivity index (χ3n) is 2.71. The number of carbonyl (C=O) groups is 1. The third-order valence-corrected chi connectivity index (χ3v) is 2.71. The fourth-order valence-electron chi connectivity index (χ4n) is 1.43. The zero-order chi connectivity index (χ0) is 11.4. The van der Waals surface area contributed by atoms with Crippen LogP contribution in [0.5, 0.6) is 0 Å². The minimum Gasteiger partial charge on any atom is -0.338 e. The van der Waals surface area contributed by atoms with Crippen LogP contribution in [-0.2, 0) is 4.79 Å². The largest absolute Gasteiger partial charge is 0.338 e. The summed E-state index contributed by atoms with van der Waals surface area (Å²) in [5.74, 6) is -0.0388. The minimum atomic E-state index is -0.0388. The van der Waals surface area contributed by atoms with E-state index in [4.69, 9.17) is 5.73 Å². The van der Waals surface area contributed by atoms with Gasteiger partial charge in [-0.2, -0.15) is 0 Å². The van der Waals surface area contributed by atoms with Crippen molar-refractivity contribution in [2.45, 2.75) is 19.9 Å². The molecule has 0 radical (unpaired) electrons. The van der Waals surface area contributed by atoms with Gasteiger partial charge in [0.05, 0.1) is 12.6 Å². The zero-order valence-electron chi connectivity index (χ0n) is 9.53. The average molecular weight is 206 g/mol. The number of rotatable bonds is 3. The molecule has 1 aromatic carbocycles. The van der Waals surface area contributed by atoms with Crippen LogP contribution in [-0.4, -0.2) is 24.4 Å². The van der Waals surface area contributed by atoms with E-state index < -0.39 is 0 Å². The van der Waals surface area contributed by atoms with Crippen LogP contribution in [0.15, 0.2) is 24.3 Å². The van der Waals surface area contributed by atoms with Crippen molar-refractivity contribution in [3.63, 3.8) is 0 Å². The van der Waals surface area contributed by atoms with Crippen molar-refractivity contribution in [2.75, 3.05) is 13.6 Å². The molecule has 2 N–H and O–H groups in total. The number of nitrogens with two attached hydrogens (primary N) is 1. The van der Waals surface area contributed by atoms with E-state index in [1.807, 2.05) is 38.1 Å². The molecular weight excluding hydrogens is 188 g/mol. The summed E-state index contributed by atoms with van der Waals surface area (Å²) >= 11 is 0. The second-order valence-corrected chi connectivity index (χ2v) is 3.80. The van der Waals surface area contributed by atoms with Gasteiger partial charge in [-0.1, -0.05) is 29.8 Å². The quantitative estimate of drug-likeness (QED) is 0.814. The van der Waals surface area contributed by atoms with E-state index in [0.29, 0.717) is 0 Å². The number of amides is 1. The molecule has 0 saturated heterocycles. The maximum atomic E-state index is 11.4. The Morgan fingerprint density at radius 2 is 1.93 bits per heavy atom. The molecule has 0 saturated carbocycles. The monoisotopic (exact) mass is 206 g/mol. The van der Waals surface area contributed by atoms with Crippen LogP contribution in [0.4, 0.5) is 0 Å². The number of carbonyl (C=O) groups excluding carboxylic acids is 1. The fraction of sp³-hybridized carbons (Fsp3) is 0.417. The summed E-state index contributed by atoms with van der Waals surface area (Å²) in [5.41, 5.74) is 7.67. The Hall–Kier alpha value is -1.35. The third kappa shape index (κ3) is 2.80. The molecule has 0 aromatic heterocycles. The predicted octanol–water partition coefficient (Wildman–Crippen LogP) is 1.47. The Balaban J connectivity index is 2.80. The van der Waals surface area contributed by atoms with Gasteiger partial charge in [0.25, 0.3) is 0 Å². The molecule has 0 bridgehead atoms. The van der Waals surface area contributed by atoms with Crippen LogP contribution >= 0.6 is 0 Å². The normalized spacial score (nSPS) is 12.3. The molecule has 1 unspecified atom stereocenters. The van der Waals surface area contributed by atoms with Crippen LogP contribution in [0.25, 0.3) is 0 Å². The first kappa shape index (κ1) is 11.7. The van der Waals surface area contributed by atoms with E-state index in [9.17, 15) is 4.79 Å². The van der Waals surface area contributed by atoms with Gasteiger partial charge in [-0.05, 0) is 19.4 Å². The van der Waals surface area contributed by atoms with E-state index in [0.717, 1.165) is 5.56 Å². The van der Waals surface area contributed by atoms with Crippen molar-refractivity contribution >= 4 is 5.91 Å². The van der Waals surface area contributed by atoms with Gasteiger partial charge in [0.1, 0.15) is 0 Å². The molecule has 3 nitrogen and oxygen atoms in total. The van der Waals surface area contributed by atoms with E-state index in [-0.39, 0.29) is 18.5 Å².